The minimum absolute atomic E-state index is 0.0348. The molecule has 1 atom stereocenters. The zero-order valence-corrected chi connectivity index (χ0v) is 10.3. The Morgan fingerprint density at radius 2 is 2.25 bits per heavy atom. The van der Waals surface area contributed by atoms with Crippen molar-refractivity contribution in [3.8, 4) is 0 Å². The molecule has 0 aliphatic carbocycles. The summed E-state index contributed by atoms with van der Waals surface area (Å²) in [7, 11) is 0. The number of hydrogen-bond donors (Lipinski definition) is 2. The van der Waals surface area contributed by atoms with Crippen LogP contribution in [0, 0.1) is 0 Å². The SMILES string of the molecule is CC(N)c1cncn1CC(=O)NC(C)(C)C. The van der Waals surface area contributed by atoms with Gasteiger partial charge < -0.3 is 15.6 Å². The molecule has 1 amide bonds. The maximum absolute atomic E-state index is 11.7. The summed E-state index contributed by atoms with van der Waals surface area (Å²) in [6.07, 6.45) is 3.32. The summed E-state index contributed by atoms with van der Waals surface area (Å²) in [4.78, 5) is 15.7. The molecule has 0 saturated heterocycles. The molecule has 0 aliphatic rings. The number of amides is 1. The third-order valence-corrected chi connectivity index (χ3v) is 2.04. The summed E-state index contributed by atoms with van der Waals surface area (Å²) in [6.45, 7) is 7.98. The first-order valence-electron chi connectivity index (χ1n) is 5.36. The van der Waals surface area contributed by atoms with Crippen molar-refractivity contribution in [2.24, 2.45) is 5.73 Å². The lowest BCUT2D eigenvalue weighted by atomic mass is 10.1. The van der Waals surface area contributed by atoms with Crippen molar-refractivity contribution in [1.82, 2.24) is 14.9 Å². The zero-order valence-electron chi connectivity index (χ0n) is 10.3. The van der Waals surface area contributed by atoms with Gasteiger partial charge in [0, 0.05) is 17.8 Å². The fourth-order valence-electron chi connectivity index (χ4n) is 1.45. The number of nitrogens with two attached hydrogens (primary N) is 1. The Bertz CT molecular complexity index is 362. The van der Waals surface area contributed by atoms with Crippen LogP contribution >= 0.6 is 0 Å². The van der Waals surface area contributed by atoms with E-state index in [9.17, 15) is 4.79 Å². The van der Waals surface area contributed by atoms with E-state index in [1.54, 1.807) is 17.1 Å². The predicted octanol–water partition coefficient (Wildman–Crippen LogP) is 0.817. The van der Waals surface area contributed by atoms with Crippen LogP contribution in [0.1, 0.15) is 39.4 Å². The normalized spacial score (nSPS) is 13.6. The molecule has 0 bridgehead atoms. The molecule has 5 heteroatoms. The standard InChI is InChI=1S/C11H20N4O/c1-8(12)9-5-13-7-15(9)6-10(16)14-11(2,3)4/h5,7-8H,6,12H2,1-4H3,(H,14,16). The highest BCUT2D eigenvalue weighted by atomic mass is 16.2. The minimum Gasteiger partial charge on any atom is -0.350 e. The third-order valence-electron chi connectivity index (χ3n) is 2.04. The van der Waals surface area contributed by atoms with Crippen LogP contribution in [0.2, 0.25) is 0 Å². The largest absolute Gasteiger partial charge is 0.350 e. The van der Waals surface area contributed by atoms with Crippen LogP contribution in [0.5, 0.6) is 0 Å². The molecule has 1 rings (SSSR count). The smallest absolute Gasteiger partial charge is 0.240 e. The van der Waals surface area contributed by atoms with E-state index < -0.39 is 0 Å². The average Bonchev–Trinajstić information content (AvgIpc) is 2.47. The fraction of sp³-hybridized carbons (Fsp3) is 0.636. The average molecular weight is 224 g/mol. The predicted molar refractivity (Wildman–Crippen MR) is 62.7 cm³/mol. The van der Waals surface area contributed by atoms with Gasteiger partial charge in [-0.3, -0.25) is 4.79 Å². The van der Waals surface area contributed by atoms with Crippen LogP contribution in [-0.2, 0) is 11.3 Å². The van der Waals surface area contributed by atoms with Crippen molar-refractivity contribution in [3.63, 3.8) is 0 Å². The van der Waals surface area contributed by atoms with E-state index in [-0.39, 0.29) is 24.0 Å². The molecule has 0 aliphatic heterocycles. The van der Waals surface area contributed by atoms with Crippen LogP contribution in [0.4, 0.5) is 0 Å². The van der Waals surface area contributed by atoms with E-state index in [1.807, 2.05) is 27.7 Å². The lowest BCUT2D eigenvalue weighted by molar-refractivity contribution is -0.123. The Labute approximate surface area is 96.0 Å². The van der Waals surface area contributed by atoms with Gasteiger partial charge in [-0.15, -0.1) is 0 Å². The van der Waals surface area contributed by atoms with Gasteiger partial charge >= 0.3 is 0 Å². The molecule has 90 valence electrons. The van der Waals surface area contributed by atoms with Gasteiger partial charge in [-0.2, -0.15) is 0 Å². The van der Waals surface area contributed by atoms with E-state index in [0.29, 0.717) is 0 Å². The number of nitrogens with zero attached hydrogens (tertiary/aromatic N) is 2. The Hall–Kier alpha value is -1.36. The zero-order chi connectivity index (χ0) is 12.3. The fourth-order valence-corrected chi connectivity index (χ4v) is 1.45. The van der Waals surface area contributed by atoms with Gasteiger partial charge in [0.1, 0.15) is 6.54 Å². The number of rotatable bonds is 3. The van der Waals surface area contributed by atoms with Crippen molar-refractivity contribution in [2.75, 3.05) is 0 Å². The second-order valence-corrected chi connectivity index (χ2v) is 5.03. The van der Waals surface area contributed by atoms with E-state index in [4.69, 9.17) is 5.73 Å². The molecule has 0 fully saturated rings. The van der Waals surface area contributed by atoms with Crippen molar-refractivity contribution in [2.45, 2.75) is 45.8 Å². The summed E-state index contributed by atoms with van der Waals surface area (Å²) < 4.78 is 1.77. The molecular formula is C11H20N4O. The maximum Gasteiger partial charge on any atom is 0.240 e. The Morgan fingerprint density at radius 3 is 2.75 bits per heavy atom. The van der Waals surface area contributed by atoms with Gasteiger partial charge in [0.15, 0.2) is 0 Å². The molecular weight excluding hydrogens is 204 g/mol. The molecule has 1 heterocycles. The molecule has 0 saturated carbocycles. The number of imidazole rings is 1. The van der Waals surface area contributed by atoms with E-state index in [2.05, 4.69) is 10.3 Å². The van der Waals surface area contributed by atoms with Crippen molar-refractivity contribution >= 4 is 5.91 Å². The summed E-state index contributed by atoms with van der Waals surface area (Å²) >= 11 is 0. The molecule has 5 nitrogen and oxygen atoms in total. The molecule has 16 heavy (non-hydrogen) atoms. The number of carbonyl (C=O) groups is 1. The van der Waals surface area contributed by atoms with Crippen molar-refractivity contribution in [3.05, 3.63) is 18.2 Å². The minimum atomic E-state index is -0.216. The van der Waals surface area contributed by atoms with Crippen LogP contribution in [0.3, 0.4) is 0 Å². The lowest BCUT2D eigenvalue weighted by Gasteiger charge is -2.21. The van der Waals surface area contributed by atoms with Crippen LogP contribution < -0.4 is 11.1 Å². The monoisotopic (exact) mass is 224 g/mol. The maximum atomic E-state index is 11.7. The Balaban J connectivity index is 2.67. The number of aromatic nitrogens is 2. The van der Waals surface area contributed by atoms with E-state index >= 15 is 0 Å². The summed E-state index contributed by atoms with van der Waals surface area (Å²) in [5.41, 5.74) is 6.42. The van der Waals surface area contributed by atoms with Gasteiger partial charge in [-0.05, 0) is 27.7 Å². The van der Waals surface area contributed by atoms with Crippen LogP contribution in [0.25, 0.3) is 0 Å². The quantitative estimate of drug-likeness (QED) is 0.798. The van der Waals surface area contributed by atoms with E-state index in [1.165, 1.54) is 0 Å². The van der Waals surface area contributed by atoms with Crippen LogP contribution in [0.15, 0.2) is 12.5 Å². The Kier molecular flexibility index (Phi) is 3.70. The molecule has 0 radical (unpaired) electrons. The first kappa shape index (κ1) is 12.7. The number of carbonyl (C=O) groups excluding carboxylic acids is 1. The van der Waals surface area contributed by atoms with Gasteiger partial charge in [0.25, 0.3) is 0 Å². The van der Waals surface area contributed by atoms with Gasteiger partial charge in [-0.1, -0.05) is 0 Å². The highest BCUT2D eigenvalue weighted by Gasteiger charge is 2.15. The number of hydrogen-bond acceptors (Lipinski definition) is 3. The number of nitrogens with one attached hydrogen (secondary N) is 1. The van der Waals surface area contributed by atoms with Gasteiger partial charge in [-0.25, -0.2) is 4.98 Å². The second kappa shape index (κ2) is 4.65. The molecule has 1 unspecified atom stereocenters. The molecule has 1 aromatic heterocycles. The van der Waals surface area contributed by atoms with Gasteiger partial charge in [0.2, 0.25) is 5.91 Å². The Morgan fingerprint density at radius 1 is 1.62 bits per heavy atom. The molecule has 3 N–H and O–H groups in total. The third kappa shape index (κ3) is 3.66. The summed E-state index contributed by atoms with van der Waals surface area (Å²) in [5.74, 6) is -0.0348. The lowest BCUT2D eigenvalue weighted by Crippen LogP contribution is -2.42. The highest BCUT2D eigenvalue weighted by Crippen LogP contribution is 2.08. The highest BCUT2D eigenvalue weighted by molar-refractivity contribution is 5.76. The first-order chi connectivity index (χ1) is 7.29. The molecule has 0 spiro atoms. The first-order valence-corrected chi connectivity index (χ1v) is 5.36. The van der Waals surface area contributed by atoms with Crippen LogP contribution in [-0.4, -0.2) is 21.0 Å². The van der Waals surface area contributed by atoms with Crippen molar-refractivity contribution in [1.29, 1.82) is 0 Å². The van der Waals surface area contributed by atoms with E-state index in [0.717, 1.165) is 5.69 Å². The molecule has 1 aromatic rings. The summed E-state index contributed by atoms with van der Waals surface area (Å²) in [5, 5.41) is 2.90. The topological polar surface area (TPSA) is 72.9 Å². The van der Waals surface area contributed by atoms with Gasteiger partial charge in [0.05, 0.1) is 12.0 Å². The van der Waals surface area contributed by atoms with Crippen molar-refractivity contribution < 1.29 is 4.79 Å². The summed E-state index contributed by atoms with van der Waals surface area (Å²) in [6, 6.07) is -0.120. The second-order valence-electron chi connectivity index (χ2n) is 5.03. The molecule has 0 aromatic carbocycles.